The van der Waals surface area contributed by atoms with Gasteiger partial charge in [0.05, 0.1) is 0 Å². The van der Waals surface area contributed by atoms with Crippen molar-refractivity contribution in [3.05, 3.63) is 0 Å². The molecule has 0 aromatic heterocycles. The van der Waals surface area contributed by atoms with Crippen LogP contribution in [0.5, 0.6) is 0 Å². The van der Waals surface area contributed by atoms with Gasteiger partial charge in [-0.2, -0.15) is 11.8 Å². The van der Waals surface area contributed by atoms with Crippen molar-refractivity contribution >= 4 is 11.8 Å². The molecule has 1 aliphatic carbocycles. The Kier molecular flexibility index (Phi) is 2.63. The normalized spacial score (nSPS) is 42.2. The Bertz CT molecular complexity index is 191. The largest absolute Gasteiger partial charge is 0.313 e. The molecule has 0 amide bonds. The van der Waals surface area contributed by atoms with Crippen molar-refractivity contribution in [2.75, 3.05) is 12.3 Å². The van der Waals surface area contributed by atoms with Gasteiger partial charge in [-0.05, 0) is 30.7 Å². The van der Waals surface area contributed by atoms with Crippen LogP contribution in [0.2, 0.25) is 0 Å². The molecular formula is C11H21NS. The molecule has 3 atom stereocenters. The molecule has 3 unspecified atom stereocenters. The summed E-state index contributed by atoms with van der Waals surface area (Å²) in [5.74, 6) is 2.28. The molecule has 1 aliphatic heterocycles. The first-order valence-electron chi connectivity index (χ1n) is 5.43. The van der Waals surface area contributed by atoms with Crippen LogP contribution in [0, 0.1) is 11.3 Å². The first-order chi connectivity index (χ1) is 6.08. The van der Waals surface area contributed by atoms with Crippen molar-refractivity contribution in [1.82, 2.24) is 5.32 Å². The summed E-state index contributed by atoms with van der Waals surface area (Å²) in [4.78, 5) is 0. The van der Waals surface area contributed by atoms with Gasteiger partial charge in [0.2, 0.25) is 0 Å². The predicted molar refractivity (Wildman–Crippen MR) is 60.2 cm³/mol. The second kappa shape index (κ2) is 3.47. The van der Waals surface area contributed by atoms with Crippen LogP contribution in [0.25, 0.3) is 0 Å². The highest BCUT2D eigenvalue weighted by atomic mass is 32.2. The Balaban J connectivity index is 1.64. The molecule has 0 bridgehead atoms. The average molecular weight is 199 g/mol. The Labute approximate surface area is 86.0 Å². The SMILES string of the molecule is CC1CC(NCC2CC2(C)C)CS1. The highest BCUT2D eigenvalue weighted by Gasteiger charge is 2.45. The van der Waals surface area contributed by atoms with Gasteiger partial charge in [0.25, 0.3) is 0 Å². The molecular weight excluding hydrogens is 178 g/mol. The fraction of sp³-hybridized carbons (Fsp3) is 1.00. The second-order valence-corrected chi connectivity index (χ2v) is 6.85. The van der Waals surface area contributed by atoms with Crippen molar-refractivity contribution in [3.63, 3.8) is 0 Å². The lowest BCUT2D eigenvalue weighted by molar-refractivity contribution is 0.473. The quantitative estimate of drug-likeness (QED) is 0.749. The first-order valence-corrected chi connectivity index (χ1v) is 6.48. The van der Waals surface area contributed by atoms with Crippen LogP contribution in [0.1, 0.15) is 33.6 Å². The van der Waals surface area contributed by atoms with E-state index in [0.29, 0.717) is 5.41 Å². The van der Waals surface area contributed by atoms with E-state index in [0.717, 1.165) is 17.2 Å². The smallest absolute Gasteiger partial charge is 0.0168 e. The van der Waals surface area contributed by atoms with E-state index in [1.54, 1.807) is 0 Å². The lowest BCUT2D eigenvalue weighted by Crippen LogP contribution is -2.31. The first kappa shape index (κ1) is 9.85. The molecule has 0 aromatic carbocycles. The van der Waals surface area contributed by atoms with E-state index in [4.69, 9.17) is 0 Å². The van der Waals surface area contributed by atoms with E-state index in [9.17, 15) is 0 Å². The van der Waals surface area contributed by atoms with Crippen LogP contribution in [-0.4, -0.2) is 23.6 Å². The molecule has 76 valence electrons. The topological polar surface area (TPSA) is 12.0 Å². The summed E-state index contributed by atoms with van der Waals surface area (Å²) in [5.41, 5.74) is 0.643. The van der Waals surface area contributed by atoms with Gasteiger partial charge in [-0.15, -0.1) is 0 Å². The number of thioether (sulfide) groups is 1. The van der Waals surface area contributed by atoms with E-state index in [2.05, 4.69) is 37.8 Å². The minimum absolute atomic E-state index is 0.643. The van der Waals surface area contributed by atoms with Crippen molar-refractivity contribution < 1.29 is 0 Å². The van der Waals surface area contributed by atoms with Crippen LogP contribution in [0.4, 0.5) is 0 Å². The average Bonchev–Trinajstić information content (AvgIpc) is 2.45. The van der Waals surface area contributed by atoms with Crippen molar-refractivity contribution in [2.24, 2.45) is 11.3 Å². The molecule has 2 fully saturated rings. The fourth-order valence-electron chi connectivity index (χ4n) is 2.19. The fourth-order valence-corrected chi connectivity index (χ4v) is 3.38. The molecule has 13 heavy (non-hydrogen) atoms. The Morgan fingerprint density at radius 1 is 1.46 bits per heavy atom. The van der Waals surface area contributed by atoms with Crippen LogP contribution >= 0.6 is 11.8 Å². The minimum atomic E-state index is 0.643. The third-order valence-corrected chi connectivity index (χ3v) is 4.93. The third-order valence-electron chi connectivity index (χ3n) is 3.57. The molecule has 1 saturated heterocycles. The van der Waals surface area contributed by atoms with Gasteiger partial charge >= 0.3 is 0 Å². The summed E-state index contributed by atoms with van der Waals surface area (Å²) in [6.07, 6.45) is 2.80. The van der Waals surface area contributed by atoms with Crippen molar-refractivity contribution in [1.29, 1.82) is 0 Å². The molecule has 1 nitrogen and oxygen atoms in total. The molecule has 2 rings (SSSR count). The number of hydrogen-bond acceptors (Lipinski definition) is 2. The number of rotatable bonds is 3. The van der Waals surface area contributed by atoms with Gasteiger partial charge in [0, 0.05) is 17.0 Å². The highest BCUT2D eigenvalue weighted by Crippen LogP contribution is 2.51. The summed E-state index contributed by atoms with van der Waals surface area (Å²) < 4.78 is 0. The molecule has 0 radical (unpaired) electrons. The van der Waals surface area contributed by atoms with E-state index >= 15 is 0 Å². The third kappa shape index (κ3) is 2.41. The summed E-state index contributed by atoms with van der Waals surface area (Å²) in [6, 6.07) is 0.802. The minimum Gasteiger partial charge on any atom is -0.313 e. The molecule has 1 saturated carbocycles. The molecule has 0 spiro atoms. The van der Waals surface area contributed by atoms with Crippen LogP contribution in [0.3, 0.4) is 0 Å². The Morgan fingerprint density at radius 3 is 2.62 bits per heavy atom. The van der Waals surface area contributed by atoms with E-state index in [1.807, 2.05) is 0 Å². The van der Waals surface area contributed by atoms with Crippen molar-refractivity contribution in [3.8, 4) is 0 Å². The van der Waals surface area contributed by atoms with E-state index in [1.165, 1.54) is 25.1 Å². The van der Waals surface area contributed by atoms with Crippen LogP contribution in [-0.2, 0) is 0 Å². The van der Waals surface area contributed by atoms with Gasteiger partial charge in [-0.1, -0.05) is 20.8 Å². The maximum Gasteiger partial charge on any atom is 0.0168 e. The van der Waals surface area contributed by atoms with Gasteiger partial charge in [-0.3, -0.25) is 0 Å². The maximum absolute atomic E-state index is 3.71. The van der Waals surface area contributed by atoms with Crippen LogP contribution < -0.4 is 5.32 Å². The summed E-state index contributed by atoms with van der Waals surface area (Å²) in [7, 11) is 0. The zero-order chi connectivity index (χ0) is 9.47. The molecule has 1 heterocycles. The van der Waals surface area contributed by atoms with E-state index < -0.39 is 0 Å². The summed E-state index contributed by atoms with van der Waals surface area (Å²) in [6.45, 7) is 8.36. The zero-order valence-electron chi connectivity index (χ0n) is 8.97. The van der Waals surface area contributed by atoms with E-state index in [-0.39, 0.29) is 0 Å². The Morgan fingerprint density at radius 2 is 2.15 bits per heavy atom. The van der Waals surface area contributed by atoms with Gasteiger partial charge < -0.3 is 5.32 Å². The summed E-state index contributed by atoms with van der Waals surface area (Å²) in [5, 5.41) is 4.59. The standard InChI is InChI=1S/C11H21NS/c1-8-4-10(7-13-8)12-6-9-5-11(9,2)3/h8-10,12H,4-7H2,1-3H3. The molecule has 2 aliphatic rings. The summed E-state index contributed by atoms with van der Waals surface area (Å²) >= 11 is 2.11. The lowest BCUT2D eigenvalue weighted by Gasteiger charge is -2.12. The second-order valence-electron chi connectivity index (χ2n) is 5.37. The van der Waals surface area contributed by atoms with Crippen molar-refractivity contribution in [2.45, 2.75) is 44.9 Å². The number of nitrogens with one attached hydrogen (secondary N) is 1. The molecule has 2 heteroatoms. The zero-order valence-corrected chi connectivity index (χ0v) is 9.79. The predicted octanol–water partition coefficient (Wildman–Crippen LogP) is 2.52. The molecule has 1 N–H and O–H groups in total. The highest BCUT2D eigenvalue weighted by molar-refractivity contribution is 8.00. The van der Waals surface area contributed by atoms with Crippen LogP contribution in [0.15, 0.2) is 0 Å². The molecule has 0 aromatic rings. The Hall–Kier alpha value is 0.310. The lowest BCUT2D eigenvalue weighted by atomic mass is 10.1. The van der Waals surface area contributed by atoms with Gasteiger partial charge in [0.1, 0.15) is 0 Å². The maximum atomic E-state index is 3.71. The number of hydrogen-bond donors (Lipinski definition) is 1. The van der Waals surface area contributed by atoms with Gasteiger partial charge in [-0.25, -0.2) is 0 Å². The monoisotopic (exact) mass is 199 g/mol. The van der Waals surface area contributed by atoms with Gasteiger partial charge in [0.15, 0.2) is 0 Å².